The molecule has 0 aliphatic carbocycles. The van der Waals surface area contributed by atoms with Crippen LogP contribution >= 0.6 is 0 Å². The van der Waals surface area contributed by atoms with Crippen LogP contribution < -0.4 is 11.1 Å². The third-order valence-electron chi connectivity index (χ3n) is 3.30. The fraction of sp³-hybridized carbons (Fsp3) is 0.125. The predicted molar refractivity (Wildman–Crippen MR) is 81.3 cm³/mol. The molecule has 0 amide bonds. The maximum atomic E-state index is 11.1. The molecule has 3 N–H and O–H groups in total. The summed E-state index contributed by atoms with van der Waals surface area (Å²) in [5.41, 5.74) is 10.3. The number of aldehydes is 1. The van der Waals surface area contributed by atoms with Gasteiger partial charge in [-0.25, -0.2) is 0 Å². The SMILES string of the molecule is Nc1ccc2c(c1)C(c1ccccc1)=NCC(C=O)N2. The fourth-order valence-corrected chi connectivity index (χ4v) is 2.32. The van der Waals surface area contributed by atoms with Crippen molar-refractivity contribution in [1.82, 2.24) is 0 Å². The molecule has 1 heterocycles. The lowest BCUT2D eigenvalue weighted by atomic mass is 10.00. The molecule has 1 aliphatic rings. The Kier molecular flexibility index (Phi) is 3.21. The molecule has 0 saturated heterocycles. The quantitative estimate of drug-likeness (QED) is 0.645. The molecule has 3 rings (SSSR count). The highest BCUT2D eigenvalue weighted by Gasteiger charge is 2.19. The van der Waals surface area contributed by atoms with E-state index in [0.717, 1.165) is 28.8 Å². The standard InChI is InChI=1S/C16H15N3O/c17-12-6-7-15-14(8-12)16(11-4-2-1-3-5-11)18-9-13(10-20)19-15/h1-8,10,13,19H,9,17H2. The molecule has 0 saturated carbocycles. The number of hydrogen-bond acceptors (Lipinski definition) is 4. The van der Waals surface area contributed by atoms with E-state index < -0.39 is 0 Å². The summed E-state index contributed by atoms with van der Waals surface area (Å²) in [5, 5.41) is 3.20. The summed E-state index contributed by atoms with van der Waals surface area (Å²) < 4.78 is 0. The fourth-order valence-electron chi connectivity index (χ4n) is 2.32. The molecule has 0 spiro atoms. The van der Waals surface area contributed by atoms with Gasteiger partial charge in [-0.15, -0.1) is 0 Å². The summed E-state index contributed by atoms with van der Waals surface area (Å²) in [6, 6.07) is 15.2. The number of carbonyl (C=O) groups excluding carboxylic acids is 1. The Hall–Kier alpha value is -2.62. The second kappa shape index (κ2) is 5.17. The molecule has 0 aromatic heterocycles. The van der Waals surface area contributed by atoms with Crippen molar-refractivity contribution in [2.75, 3.05) is 17.6 Å². The first-order valence-corrected chi connectivity index (χ1v) is 6.49. The van der Waals surface area contributed by atoms with Gasteiger partial charge in [-0.3, -0.25) is 4.99 Å². The highest BCUT2D eigenvalue weighted by molar-refractivity contribution is 6.16. The van der Waals surface area contributed by atoms with Crippen LogP contribution in [0.3, 0.4) is 0 Å². The van der Waals surface area contributed by atoms with Crippen molar-refractivity contribution in [3.63, 3.8) is 0 Å². The average molecular weight is 265 g/mol. The van der Waals surface area contributed by atoms with Crippen molar-refractivity contribution in [2.24, 2.45) is 4.99 Å². The summed E-state index contributed by atoms with van der Waals surface area (Å²) in [4.78, 5) is 15.7. The van der Waals surface area contributed by atoms with Gasteiger partial charge in [0.2, 0.25) is 0 Å². The zero-order chi connectivity index (χ0) is 13.9. The molecule has 2 aromatic rings. The molecule has 0 fully saturated rings. The lowest BCUT2D eigenvalue weighted by molar-refractivity contribution is -0.108. The van der Waals surface area contributed by atoms with Crippen molar-refractivity contribution in [1.29, 1.82) is 0 Å². The minimum Gasteiger partial charge on any atom is -0.399 e. The smallest absolute Gasteiger partial charge is 0.144 e. The number of hydrogen-bond donors (Lipinski definition) is 2. The van der Waals surface area contributed by atoms with Crippen molar-refractivity contribution >= 4 is 23.4 Å². The van der Waals surface area contributed by atoms with Gasteiger partial charge >= 0.3 is 0 Å². The lowest BCUT2D eigenvalue weighted by Crippen LogP contribution is -2.23. The Morgan fingerprint density at radius 3 is 2.75 bits per heavy atom. The minimum absolute atomic E-state index is 0.307. The van der Waals surface area contributed by atoms with Crippen LogP contribution in [0.2, 0.25) is 0 Å². The Morgan fingerprint density at radius 1 is 1.20 bits per heavy atom. The summed E-state index contributed by atoms with van der Waals surface area (Å²) in [5.74, 6) is 0. The zero-order valence-corrected chi connectivity index (χ0v) is 10.9. The van der Waals surface area contributed by atoms with Crippen molar-refractivity contribution in [3.8, 4) is 0 Å². The van der Waals surface area contributed by atoms with Gasteiger partial charge in [0, 0.05) is 22.5 Å². The molecule has 100 valence electrons. The Bertz CT molecular complexity index is 665. The second-order valence-electron chi connectivity index (χ2n) is 4.75. The van der Waals surface area contributed by atoms with Crippen LogP contribution in [-0.2, 0) is 4.79 Å². The second-order valence-corrected chi connectivity index (χ2v) is 4.75. The molecule has 4 heteroatoms. The van der Waals surface area contributed by atoms with E-state index in [4.69, 9.17) is 5.73 Å². The molecule has 4 nitrogen and oxygen atoms in total. The maximum Gasteiger partial charge on any atom is 0.144 e. The molecule has 20 heavy (non-hydrogen) atoms. The zero-order valence-electron chi connectivity index (χ0n) is 10.9. The molecular formula is C16H15N3O. The van der Waals surface area contributed by atoms with E-state index >= 15 is 0 Å². The molecule has 2 aromatic carbocycles. The van der Waals surface area contributed by atoms with Crippen molar-refractivity contribution < 1.29 is 4.79 Å². The number of benzodiazepines with no additional fused rings is 1. The van der Waals surface area contributed by atoms with Crippen LogP contribution in [0.15, 0.2) is 53.5 Å². The van der Waals surface area contributed by atoms with E-state index in [1.165, 1.54) is 0 Å². The molecule has 0 radical (unpaired) electrons. The Labute approximate surface area is 117 Å². The van der Waals surface area contributed by atoms with Crippen LogP contribution in [0.5, 0.6) is 0 Å². The minimum atomic E-state index is -0.307. The van der Waals surface area contributed by atoms with Gasteiger partial charge in [-0.05, 0) is 18.2 Å². The van der Waals surface area contributed by atoms with Crippen LogP contribution in [-0.4, -0.2) is 24.6 Å². The summed E-state index contributed by atoms with van der Waals surface area (Å²) in [7, 11) is 0. The Morgan fingerprint density at radius 2 is 2.00 bits per heavy atom. The largest absolute Gasteiger partial charge is 0.399 e. The van der Waals surface area contributed by atoms with E-state index in [9.17, 15) is 4.79 Å². The van der Waals surface area contributed by atoms with E-state index in [1.807, 2.05) is 48.5 Å². The van der Waals surface area contributed by atoms with Crippen LogP contribution in [0.25, 0.3) is 0 Å². The highest BCUT2D eigenvalue weighted by atomic mass is 16.1. The van der Waals surface area contributed by atoms with Gasteiger partial charge in [-0.1, -0.05) is 30.3 Å². The monoisotopic (exact) mass is 265 g/mol. The maximum absolute atomic E-state index is 11.1. The molecule has 1 atom stereocenters. The summed E-state index contributed by atoms with van der Waals surface area (Å²) >= 11 is 0. The van der Waals surface area contributed by atoms with E-state index in [0.29, 0.717) is 12.2 Å². The van der Waals surface area contributed by atoms with E-state index in [2.05, 4.69) is 10.3 Å². The highest BCUT2D eigenvalue weighted by Crippen LogP contribution is 2.25. The topological polar surface area (TPSA) is 67.5 Å². The van der Waals surface area contributed by atoms with Gasteiger partial charge in [0.05, 0.1) is 12.3 Å². The third-order valence-corrected chi connectivity index (χ3v) is 3.30. The van der Waals surface area contributed by atoms with Crippen LogP contribution in [0.1, 0.15) is 11.1 Å². The predicted octanol–water partition coefficient (Wildman–Crippen LogP) is 2.10. The number of nitrogens with zero attached hydrogens (tertiary/aromatic N) is 1. The van der Waals surface area contributed by atoms with Gasteiger partial charge < -0.3 is 15.8 Å². The summed E-state index contributed by atoms with van der Waals surface area (Å²) in [6.45, 7) is 0.419. The first-order valence-electron chi connectivity index (χ1n) is 6.49. The first kappa shape index (κ1) is 12.4. The number of carbonyl (C=O) groups is 1. The number of nitrogen functional groups attached to an aromatic ring is 1. The number of fused-ring (bicyclic) bond motifs is 1. The molecular weight excluding hydrogens is 250 g/mol. The summed E-state index contributed by atoms with van der Waals surface area (Å²) in [6.07, 6.45) is 0.886. The number of nitrogens with one attached hydrogen (secondary N) is 1. The lowest BCUT2D eigenvalue weighted by Gasteiger charge is -2.13. The molecule has 1 unspecified atom stereocenters. The van der Waals surface area contributed by atoms with Gasteiger partial charge in [0.15, 0.2) is 0 Å². The number of aliphatic imine (C=N–C) groups is 1. The Balaban J connectivity index is 2.16. The third kappa shape index (κ3) is 2.28. The van der Waals surface area contributed by atoms with E-state index in [-0.39, 0.29) is 6.04 Å². The first-order chi connectivity index (χ1) is 9.78. The number of benzene rings is 2. The molecule has 1 aliphatic heterocycles. The van der Waals surface area contributed by atoms with Gasteiger partial charge in [0.25, 0.3) is 0 Å². The van der Waals surface area contributed by atoms with Crippen LogP contribution in [0.4, 0.5) is 11.4 Å². The number of nitrogens with two attached hydrogens (primary N) is 1. The molecule has 0 bridgehead atoms. The van der Waals surface area contributed by atoms with Crippen molar-refractivity contribution in [2.45, 2.75) is 6.04 Å². The number of anilines is 2. The van der Waals surface area contributed by atoms with Gasteiger partial charge in [-0.2, -0.15) is 0 Å². The van der Waals surface area contributed by atoms with E-state index in [1.54, 1.807) is 0 Å². The average Bonchev–Trinajstić information content (AvgIpc) is 2.67. The van der Waals surface area contributed by atoms with Crippen LogP contribution in [0, 0.1) is 0 Å². The van der Waals surface area contributed by atoms with Crippen molar-refractivity contribution in [3.05, 3.63) is 59.7 Å². The normalized spacial score (nSPS) is 17.4. The van der Waals surface area contributed by atoms with Gasteiger partial charge in [0.1, 0.15) is 12.3 Å². The number of rotatable bonds is 2.